The Labute approximate surface area is 170 Å². The lowest BCUT2D eigenvalue weighted by molar-refractivity contribution is -0.151. The van der Waals surface area contributed by atoms with Crippen LogP contribution in [0.3, 0.4) is 0 Å². The van der Waals surface area contributed by atoms with Gasteiger partial charge in [0.2, 0.25) is 10.0 Å². The van der Waals surface area contributed by atoms with Gasteiger partial charge in [-0.15, -0.1) is 0 Å². The Hall–Kier alpha value is -2.91. The minimum Gasteiger partial charge on any atom is -0.495 e. The SMILES string of the molecule is COc1ccccc1NC(=O)[C@H](C)OC(=O)CNS(=O)(=O)c1cc(C)ccc1C. The Kier molecular flexibility index (Phi) is 7.35. The van der Waals surface area contributed by atoms with E-state index in [1.54, 1.807) is 50.2 Å². The van der Waals surface area contributed by atoms with Crippen molar-refractivity contribution >= 4 is 27.6 Å². The summed E-state index contributed by atoms with van der Waals surface area (Å²) in [6, 6.07) is 11.8. The number of nitrogens with one attached hydrogen (secondary N) is 2. The van der Waals surface area contributed by atoms with Gasteiger partial charge in [0.1, 0.15) is 12.3 Å². The zero-order valence-corrected chi connectivity index (χ0v) is 17.5. The molecule has 0 aliphatic rings. The van der Waals surface area contributed by atoms with Crippen LogP contribution in [0.25, 0.3) is 0 Å². The number of hydrogen-bond donors (Lipinski definition) is 2. The molecular formula is C20H24N2O6S. The molecule has 0 aromatic heterocycles. The molecule has 8 nitrogen and oxygen atoms in total. The van der Waals surface area contributed by atoms with Crippen LogP contribution in [0.1, 0.15) is 18.1 Å². The summed E-state index contributed by atoms with van der Waals surface area (Å²) in [6.45, 7) is 4.23. The van der Waals surface area contributed by atoms with Gasteiger partial charge in [-0.3, -0.25) is 9.59 Å². The van der Waals surface area contributed by atoms with Crippen molar-refractivity contribution < 1.29 is 27.5 Å². The van der Waals surface area contributed by atoms with Crippen molar-refractivity contribution in [2.24, 2.45) is 0 Å². The number of carbonyl (C=O) groups excluding carboxylic acids is 2. The third-order valence-electron chi connectivity index (χ3n) is 4.08. The van der Waals surface area contributed by atoms with Gasteiger partial charge < -0.3 is 14.8 Å². The smallest absolute Gasteiger partial charge is 0.321 e. The fraction of sp³-hybridized carbons (Fsp3) is 0.300. The number of amides is 1. The molecule has 2 aromatic rings. The molecule has 0 saturated heterocycles. The second-order valence-corrected chi connectivity index (χ2v) is 8.15. The average Bonchev–Trinajstić information content (AvgIpc) is 2.68. The molecule has 2 aromatic carbocycles. The second kappa shape index (κ2) is 9.53. The van der Waals surface area contributed by atoms with Crippen LogP contribution in [0.5, 0.6) is 5.75 Å². The molecule has 9 heteroatoms. The van der Waals surface area contributed by atoms with Gasteiger partial charge in [0, 0.05) is 0 Å². The topological polar surface area (TPSA) is 111 Å². The van der Waals surface area contributed by atoms with Crippen LogP contribution in [-0.4, -0.2) is 40.1 Å². The number of ether oxygens (including phenoxy) is 2. The van der Waals surface area contributed by atoms with Gasteiger partial charge in [-0.1, -0.05) is 24.3 Å². The zero-order chi connectivity index (χ0) is 21.6. The Morgan fingerprint density at radius 3 is 2.48 bits per heavy atom. The van der Waals surface area contributed by atoms with Gasteiger partial charge >= 0.3 is 5.97 Å². The molecule has 156 valence electrons. The van der Waals surface area contributed by atoms with Gasteiger partial charge in [-0.2, -0.15) is 4.72 Å². The van der Waals surface area contributed by atoms with Crippen molar-refractivity contribution in [3.05, 3.63) is 53.6 Å². The maximum Gasteiger partial charge on any atom is 0.321 e. The predicted octanol–water partition coefficient (Wildman–Crippen LogP) is 2.16. The quantitative estimate of drug-likeness (QED) is 0.633. The minimum absolute atomic E-state index is 0.0901. The van der Waals surface area contributed by atoms with E-state index in [1.165, 1.54) is 20.1 Å². The summed E-state index contributed by atoms with van der Waals surface area (Å²) >= 11 is 0. The van der Waals surface area contributed by atoms with Crippen molar-refractivity contribution in [3.8, 4) is 5.75 Å². The predicted molar refractivity (Wildman–Crippen MR) is 108 cm³/mol. The minimum atomic E-state index is -3.89. The maximum absolute atomic E-state index is 12.4. The van der Waals surface area contributed by atoms with Crippen LogP contribution < -0.4 is 14.8 Å². The number of carbonyl (C=O) groups is 2. The van der Waals surface area contributed by atoms with Crippen molar-refractivity contribution in [2.45, 2.75) is 31.8 Å². The number of benzene rings is 2. The highest BCUT2D eigenvalue weighted by Crippen LogP contribution is 2.23. The van der Waals surface area contributed by atoms with Crippen molar-refractivity contribution in [2.75, 3.05) is 19.0 Å². The van der Waals surface area contributed by atoms with E-state index in [0.717, 1.165) is 5.56 Å². The Morgan fingerprint density at radius 2 is 1.79 bits per heavy atom. The van der Waals surface area contributed by atoms with E-state index in [-0.39, 0.29) is 4.90 Å². The van der Waals surface area contributed by atoms with Crippen LogP contribution in [0.2, 0.25) is 0 Å². The molecule has 0 saturated carbocycles. The highest BCUT2D eigenvalue weighted by Gasteiger charge is 2.22. The van der Waals surface area contributed by atoms with E-state index < -0.39 is 34.5 Å². The van der Waals surface area contributed by atoms with Crippen LogP contribution in [0.15, 0.2) is 47.4 Å². The molecule has 0 unspecified atom stereocenters. The van der Waals surface area contributed by atoms with Gasteiger partial charge in [-0.05, 0) is 50.1 Å². The summed E-state index contributed by atoms with van der Waals surface area (Å²) in [6.07, 6.45) is -1.13. The number of aryl methyl sites for hydroxylation is 2. The van der Waals surface area contributed by atoms with Crippen LogP contribution in [0.4, 0.5) is 5.69 Å². The lowest BCUT2D eigenvalue weighted by Gasteiger charge is -2.15. The number of methoxy groups -OCH3 is 1. The zero-order valence-electron chi connectivity index (χ0n) is 16.7. The normalized spacial score (nSPS) is 12.1. The first-order chi connectivity index (χ1) is 13.6. The van der Waals surface area contributed by atoms with Crippen molar-refractivity contribution in [1.29, 1.82) is 0 Å². The van der Waals surface area contributed by atoms with E-state index in [1.807, 2.05) is 0 Å². The fourth-order valence-corrected chi connectivity index (χ4v) is 3.80. The summed E-state index contributed by atoms with van der Waals surface area (Å²) in [5.74, 6) is -0.984. The maximum atomic E-state index is 12.4. The Morgan fingerprint density at radius 1 is 1.10 bits per heavy atom. The van der Waals surface area contributed by atoms with E-state index in [4.69, 9.17) is 9.47 Å². The largest absolute Gasteiger partial charge is 0.495 e. The molecule has 1 amide bonds. The van der Waals surface area contributed by atoms with Crippen LogP contribution >= 0.6 is 0 Å². The monoisotopic (exact) mass is 420 g/mol. The number of para-hydroxylation sites is 2. The summed E-state index contributed by atoms with van der Waals surface area (Å²) in [4.78, 5) is 24.3. The van der Waals surface area contributed by atoms with E-state index in [9.17, 15) is 18.0 Å². The Bertz CT molecular complexity index is 1000. The third kappa shape index (κ3) is 6.03. The molecule has 1 atom stereocenters. The van der Waals surface area contributed by atoms with Gasteiger partial charge in [0.15, 0.2) is 6.10 Å². The highest BCUT2D eigenvalue weighted by atomic mass is 32.2. The lowest BCUT2D eigenvalue weighted by atomic mass is 10.2. The molecule has 0 radical (unpaired) electrons. The fourth-order valence-electron chi connectivity index (χ4n) is 2.50. The first kappa shape index (κ1) is 22.4. The van der Waals surface area contributed by atoms with Gasteiger partial charge in [0.25, 0.3) is 5.91 Å². The molecule has 0 spiro atoms. The van der Waals surface area contributed by atoms with Gasteiger partial charge in [0.05, 0.1) is 17.7 Å². The third-order valence-corrected chi connectivity index (χ3v) is 5.63. The van der Waals surface area contributed by atoms with Gasteiger partial charge in [-0.25, -0.2) is 8.42 Å². The average molecular weight is 420 g/mol. The van der Waals surface area contributed by atoms with E-state index >= 15 is 0 Å². The Balaban J connectivity index is 1.94. The summed E-state index contributed by atoms with van der Waals surface area (Å²) in [5.41, 5.74) is 1.76. The van der Waals surface area contributed by atoms with E-state index in [2.05, 4.69) is 10.0 Å². The number of anilines is 1. The molecule has 29 heavy (non-hydrogen) atoms. The molecule has 2 rings (SSSR count). The first-order valence-electron chi connectivity index (χ1n) is 8.84. The number of sulfonamides is 1. The summed E-state index contributed by atoms with van der Waals surface area (Å²) < 4.78 is 37.2. The number of esters is 1. The van der Waals surface area contributed by atoms with E-state index in [0.29, 0.717) is 17.0 Å². The molecule has 2 N–H and O–H groups in total. The number of rotatable bonds is 8. The molecule has 0 aliphatic carbocycles. The molecule has 0 aliphatic heterocycles. The molecule has 0 bridgehead atoms. The second-order valence-electron chi connectivity index (χ2n) is 6.42. The standard InChI is InChI=1S/C20H24N2O6S/c1-13-9-10-14(2)18(11-13)29(25,26)21-12-19(23)28-15(3)20(24)22-16-7-5-6-8-17(16)27-4/h5-11,15,21H,12H2,1-4H3,(H,22,24)/t15-/m0/s1. The molecule has 0 fully saturated rings. The van der Waals surface area contributed by atoms with Crippen LogP contribution in [0, 0.1) is 13.8 Å². The highest BCUT2D eigenvalue weighted by molar-refractivity contribution is 7.89. The molecule has 0 heterocycles. The number of hydrogen-bond acceptors (Lipinski definition) is 6. The summed E-state index contributed by atoms with van der Waals surface area (Å²) in [5, 5.41) is 2.60. The van der Waals surface area contributed by atoms with Crippen molar-refractivity contribution in [1.82, 2.24) is 4.72 Å². The summed E-state index contributed by atoms with van der Waals surface area (Å²) in [7, 11) is -2.42. The molecular weight excluding hydrogens is 396 g/mol. The van der Waals surface area contributed by atoms with Crippen molar-refractivity contribution in [3.63, 3.8) is 0 Å². The first-order valence-corrected chi connectivity index (χ1v) is 10.3. The van der Waals surface area contributed by atoms with Crippen LogP contribution in [-0.2, 0) is 24.3 Å². The lowest BCUT2D eigenvalue weighted by Crippen LogP contribution is -2.36.